The molecule has 1 rings (SSSR count). The first-order valence-electron chi connectivity index (χ1n) is 6.76. The zero-order chi connectivity index (χ0) is 10.9. The number of rotatable bonds is 7. The van der Waals surface area contributed by atoms with Gasteiger partial charge in [0, 0.05) is 0 Å². The van der Waals surface area contributed by atoms with Gasteiger partial charge in [0.05, 0.1) is 0 Å². The number of hydrogen-bond donors (Lipinski definition) is 1. The van der Waals surface area contributed by atoms with Crippen molar-refractivity contribution in [2.45, 2.75) is 46.0 Å². The first kappa shape index (κ1) is 13.0. The molecule has 0 amide bonds. The summed E-state index contributed by atoms with van der Waals surface area (Å²) in [4.78, 5) is 2.62. The van der Waals surface area contributed by atoms with Crippen molar-refractivity contribution in [3.63, 3.8) is 0 Å². The minimum Gasteiger partial charge on any atom is -0.316 e. The van der Waals surface area contributed by atoms with E-state index in [1.807, 2.05) is 0 Å². The summed E-state index contributed by atoms with van der Waals surface area (Å²) in [6.45, 7) is 10.9. The monoisotopic (exact) mass is 212 g/mol. The maximum atomic E-state index is 3.55. The lowest BCUT2D eigenvalue weighted by molar-refractivity contribution is 0.225. The molecule has 0 bridgehead atoms. The molecule has 1 unspecified atom stereocenters. The van der Waals surface area contributed by atoms with Crippen LogP contribution in [0.4, 0.5) is 0 Å². The molecule has 1 aliphatic heterocycles. The largest absolute Gasteiger partial charge is 0.316 e. The second kappa shape index (κ2) is 8.12. The van der Waals surface area contributed by atoms with Crippen LogP contribution in [0.2, 0.25) is 0 Å². The molecule has 2 heteroatoms. The lowest BCUT2D eigenvalue weighted by Crippen LogP contribution is -2.32. The van der Waals surface area contributed by atoms with Crippen LogP contribution in [-0.4, -0.2) is 37.6 Å². The minimum atomic E-state index is 0.833. The van der Waals surface area contributed by atoms with Crippen LogP contribution in [0.15, 0.2) is 0 Å². The van der Waals surface area contributed by atoms with Gasteiger partial charge in [-0.3, -0.25) is 0 Å². The van der Waals surface area contributed by atoms with E-state index in [0.29, 0.717) is 0 Å². The molecule has 90 valence electrons. The Morgan fingerprint density at radius 1 is 1.20 bits per heavy atom. The summed E-state index contributed by atoms with van der Waals surface area (Å²) in [7, 11) is 0. The van der Waals surface area contributed by atoms with E-state index < -0.39 is 0 Å². The Balaban J connectivity index is 1.87. The van der Waals surface area contributed by atoms with Crippen LogP contribution in [0, 0.1) is 5.92 Å². The van der Waals surface area contributed by atoms with E-state index in [1.54, 1.807) is 0 Å². The van der Waals surface area contributed by atoms with Gasteiger partial charge in [-0.05, 0) is 57.9 Å². The fourth-order valence-electron chi connectivity index (χ4n) is 2.10. The van der Waals surface area contributed by atoms with E-state index in [1.165, 1.54) is 64.8 Å². The third-order valence-electron chi connectivity index (χ3n) is 3.47. The summed E-state index contributed by atoms with van der Waals surface area (Å²) >= 11 is 0. The van der Waals surface area contributed by atoms with E-state index in [-0.39, 0.29) is 0 Å². The molecule has 1 fully saturated rings. The molecule has 1 aliphatic rings. The van der Waals surface area contributed by atoms with Gasteiger partial charge in [0.15, 0.2) is 0 Å². The summed E-state index contributed by atoms with van der Waals surface area (Å²) in [5, 5.41) is 3.55. The molecular formula is C13H28N2. The van der Waals surface area contributed by atoms with Crippen LogP contribution in [0.1, 0.15) is 46.0 Å². The topological polar surface area (TPSA) is 15.3 Å². The van der Waals surface area contributed by atoms with Gasteiger partial charge in [-0.2, -0.15) is 0 Å². The standard InChI is InChI=1S/C13H28N2/c1-3-13(2)12-14-8-7-11-15-9-5-4-6-10-15/h13-14H,3-12H2,1-2H3. The van der Waals surface area contributed by atoms with Gasteiger partial charge in [0.1, 0.15) is 0 Å². The van der Waals surface area contributed by atoms with Crippen molar-refractivity contribution in [1.82, 2.24) is 10.2 Å². The lowest BCUT2D eigenvalue weighted by atomic mass is 10.1. The maximum Gasteiger partial charge on any atom is -0.000664 e. The van der Waals surface area contributed by atoms with Crippen molar-refractivity contribution in [3.8, 4) is 0 Å². The molecule has 0 aromatic heterocycles. The third kappa shape index (κ3) is 6.16. The van der Waals surface area contributed by atoms with Crippen molar-refractivity contribution in [1.29, 1.82) is 0 Å². The van der Waals surface area contributed by atoms with Crippen LogP contribution >= 0.6 is 0 Å². The molecule has 2 nitrogen and oxygen atoms in total. The van der Waals surface area contributed by atoms with Crippen molar-refractivity contribution in [2.75, 3.05) is 32.7 Å². The average Bonchev–Trinajstić information content (AvgIpc) is 2.29. The second-order valence-electron chi connectivity index (χ2n) is 4.97. The van der Waals surface area contributed by atoms with Gasteiger partial charge in [0.2, 0.25) is 0 Å². The molecule has 0 spiro atoms. The van der Waals surface area contributed by atoms with Gasteiger partial charge >= 0.3 is 0 Å². The number of likely N-dealkylation sites (tertiary alicyclic amines) is 1. The number of nitrogens with one attached hydrogen (secondary N) is 1. The molecular weight excluding hydrogens is 184 g/mol. The van der Waals surface area contributed by atoms with Crippen LogP contribution in [-0.2, 0) is 0 Å². The SMILES string of the molecule is CCC(C)CNCCCN1CCCCC1. The molecule has 0 aliphatic carbocycles. The van der Waals surface area contributed by atoms with E-state index in [4.69, 9.17) is 0 Å². The molecule has 1 saturated heterocycles. The second-order valence-corrected chi connectivity index (χ2v) is 4.97. The predicted octanol–water partition coefficient (Wildman–Crippen LogP) is 2.50. The quantitative estimate of drug-likeness (QED) is 0.652. The Bertz CT molecular complexity index is 141. The predicted molar refractivity (Wildman–Crippen MR) is 67.2 cm³/mol. The Kier molecular flexibility index (Phi) is 7.03. The van der Waals surface area contributed by atoms with Crippen LogP contribution in [0.25, 0.3) is 0 Å². The Labute approximate surface area is 95.4 Å². The molecule has 0 aromatic carbocycles. The average molecular weight is 212 g/mol. The maximum absolute atomic E-state index is 3.55. The van der Waals surface area contributed by atoms with Crippen LogP contribution < -0.4 is 5.32 Å². The van der Waals surface area contributed by atoms with Crippen LogP contribution in [0.5, 0.6) is 0 Å². The zero-order valence-electron chi connectivity index (χ0n) is 10.6. The van der Waals surface area contributed by atoms with Gasteiger partial charge < -0.3 is 10.2 Å². The van der Waals surface area contributed by atoms with E-state index in [2.05, 4.69) is 24.1 Å². The van der Waals surface area contributed by atoms with Crippen molar-refractivity contribution < 1.29 is 0 Å². The molecule has 0 saturated carbocycles. The van der Waals surface area contributed by atoms with Crippen molar-refractivity contribution in [2.24, 2.45) is 5.92 Å². The number of piperidine rings is 1. The van der Waals surface area contributed by atoms with Gasteiger partial charge in [0.25, 0.3) is 0 Å². The highest BCUT2D eigenvalue weighted by Gasteiger charge is 2.08. The molecule has 15 heavy (non-hydrogen) atoms. The number of nitrogens with zero attached hydrogens (tertiary/aromatic N) is 1. The lowest BCUT2D eigenvalue weighted by Gasteiger charge is -2.26. The fraction of sp³-hybridized carbons (Fsp3) is 1.00. The Morgan fingerprint density at radius 2 is 1.93 bits per heavy atom. The van der Waals surface area contributed by atoms with E-state index >= 15 is 0 Å². The molecule has 1 N–H and O–H groups in total. The number of hydrogen-bond acceptors (Lipinski definition) is 2. The highest BCUT2D eigenvalue weighted by molar-refractivity contribution is 4.65. The van der Waals surface area contributed by atoms with Gasteiger partial charge in [-0.25, -0.2) is 0 Å². The van der Waals surface area contributed by atoms with Crippen molar-refractivity contribution >= 4 is 0 Å². The smallest absolute Gasteiger partial charge is 0.000664 e. The summed E-state index contributed by atoms with van der Waals surface area (Å²) in [6, 6.07) is 0. The first-order chi connectivity index (χ1) is 7.33. The van der Waals surface area contributed by atoms with E-state index in [0.717, 1.165) is 5.92 Å². The van der Waals surface area contributed by atoms with Gasteiger partial charge in [-0.1, -0.05) is 26.7 Å². The summed E-state index contributed by atoms with van der Waals surface area (Å²) in [5.74, 6) is 0.833. The minimum absolute atomic E-state index is 0.833. The van der Waals surface area contributed by atoms with Crippen molar-refractivity contribution in [3.05, 3.63) is 0 Å². The zero-order valence-corrected chi connectivity index (χ0v) is 10.6. The molecule has 1 atom stereocenters. The highest BCUT2D eigenvalue weighted by Crippen LogP contribution is 2.08. The van der Waals surface area contributed by atoms with E-state index in [9.17, 15) is 0 Å². The molecule has 0 radical (unpaired) electrons. The third-order valence-corrected chi connectivity index (χ3v) is 3.47. The Hall–Kier alpha value is -0.0800. The Morgan fingerprint density at radius 3 is 2.60 bits per heavy atom. The molecule has 1 heterocycles. The fourth-order valence-corrected chi connectivity index (χ4v) is 2.10. The normalized spacial score (nSPS) is 20.4. The molecule has 0 aromatic rings. The summed E-state index contributed by atoms with van der Waals surface area (Å²) in [6.07, 6.45) is 6.89. The van der Waals surface area contributed by atoms with Gasteiger partial charge in [-0.15, -0.1) is 0 Å². The summed E-state index contributed by atoms with van der Waals surface area (Å²) < 4.78 is 0. The first-order valence-corrected chi connectivity index (χ1v) is 6.76. The highest BCUT2D eigenvalue weighted by atomic mass is 15.1. The van der Waals surface area contributed by atoms with Crippen LogP contribution in [0.3, 0.4) is 0 Å². The summed E-state index contributed by atoms with van der Waals surface area (Å²) in [5.41, 5.74) is 0.